The molecule has 0 aliphatic carbocycles. The first-order valence-electron chi connectivity index (χ1n) is 7.24. The molecule has 106 valence electrons. The minimum absolute atomic E-state index is 0.715. The van der Waals surface area contributed by atoms with Crippen LogP contribution in [-0.2, 0) is 6.42 Å². The van der Waals surface area contributed by atoms with Crippen molar-refractivity contribution in [3.05, 3.63) is 40.4 Å². The Kier molecular flexibility index (Phi) is 4.27. The zero-order chi connectivity index (χ0) is 13.9. The summed E-state index contributed by atoms with van der Waals surface area (Å²) in [6, 6.07) is 10.7. The van der Waals surface area contributed by atoms with Crippen LogP contribution in [0.5, 0.6) is 5.75 Å². The van der Waals surface area contributed by atoms with Crippen molar-refractivity contribution in [2.75, 3.05) is 20.2 Å². The average Bonchev–Trinajstić information content (AvgIpc) is 2.48. The van der Waals surface area contributed by atoms with Crippen LogP contribution in [0, 0.1) is 5.92 Å². The smallest absolute Gasteiger partial charge is 0.122 e. The van der Waals surface area contributed by atoms with E-state index in [2.05, 4.69) is 51.6 Å². The van der Waals surface area contributed by atoms with Gasteiger partial charge in [0.05, 0.1) is 7.11 Å². The molecule has 1 atom stereocenters. The summed E-state index contributed by atoms with van der Waals surface area (Å²) in [5.41, 5.74) is 1.35. The second kappa shape index (κ2) is 6.15. The van der Waals surface area contributed by atoms with Gasteiger partial charge < -0.3 is 10.1 Å². The SMILES string of the molecule is COc1ccc2cc(Br)ccc2c1CC1CCCNC1. The van der Waals surface area contributed by atoms with E-state index in [-0.39, 0.29) is 0 Å². The van der Waals surface area contributed by atoms with Gasteiger partial charge in [0.2, 0.25) is 0 Å². The summed E-state index contributed by atoms with van der Waals surface area (Å²) in [6.45, 7) is 2.28. The maximum atomic E-state index is 5.59. The molecule has 2 aromatic carbocycles. The number of hydrogen-bond acceptors (Lipinski definition) is 2. The molecule has 0 radical (unpaired) electrons. The first kappa shape index (κ1) is 13.9. The Morgan fingerprint density at radius 3 is 2.95 bits per heavy atom. The Balaban J connectivity index is 2.01. The van der Waals surface area contributed by atoms with E-state index in [1.807, 2.05) is 0 Å². The first-order valence-corrected chi connectivity index (χ1v) is 8.03. The van der Waals surface area contributed by atoms with Crippen molar-refractivity contribution in [3.63, 3.8) is 0 Å². The minimum Gasteiger partial charge on any atom is -0.496 e. The van der Waals surface area contributed by atoms with Crippen LogP contribution < -0.4 is 10.1 Å². The van der Waals surface area contributed by atoms with E-state index in [0.717, 1.165) is 29.7 Å². The van der Waals surface area contributed by atoms with E-state index >= 15 is 0 Å². The van der Waals surface area contributed by atoms with Gasteiger partial charge in [0.1, 0.15) is 5.75 Å². The van der Waals surface area contributed by atoms with E-state index < -0.39 is 0 Å². The summed E-state index contributed by atoms with van der Waals surface area (Å²) in [4.78, 5) is 0. The quantitative estimate of drug-likeness (QED) is 0.910. The monoisotopic (exact) mass is 333 g/mol. The molecule has 0 aromatic heterocycles. The molecule has 3 rings (SSSR count). The lowest BCUT2D eigenvalue weighted by Crippen LogP contribution is -2.30. The highest BCUT2D eigenvalue weighted by Gasteiger charge is 2.17. The van der Waals surface area contributed by atoms with Gasteiger partial charge >= 0.3 is 0 Å². The third-order valence-corrected chi connectivity index (χ3v) is 4.66. The van der Waals surface area contributed by atoms with Crippen molar-refractivity contribution < 1.29 is 4.74 Å². The van der Waals surface area contributed by atoms with Crippen molar-refractivity contribution in [1.82, 2.24) is 5.32 Å². The van der Waals surface area contributed by atoms with E-state index in [1.54, 1.807) is 7.11 Å². The van der Waals surface area contributed by atoms with Crippen LogP contribution in [0.25, 0.3) is 10.8 Å². The number of nitrogens with one attached hydrogen (secondary N) is 1. The number of rotatable bonds is 3. The number of hydrogen-bond donors (Lipinski definition) is 1. The lowest BCUT2D eigenvalue weighted by atomic mass is 9.89. The van der Waals surface area contributed by atoms with Gasteiger partial charge in [-0.25, -0.2) is 0 Å². The molecule has 0 saturated carbocycles. The van der Waals surface area contributed by atoms with Gasteiger partial charge in [-0.05, 0) is 67.2 Å². The molecule has 2 nitrogen and oxygen atoms in total. The summed E-state index contributed by atoms with van der Waals surface area (Å²) in [5, 5.41) is 6.10. The highest BCUT2D eigenvalue weighted by molar-refractivity contribution is 9.10. The van der Waals surface area contributed by atoms with Gasteiger partial charge in [0.25, 0.3) is 0 Å². The van der Waals surface area contributed by atoms with E-state index in [4.69, 9.17) is 4.74 Å². The van der Waals surface area contributed by atoms with Gasteiger partial charge in [-0.3, -0.25) is 0 Å². The average molecular weight is 334 g/mol. The van der Waals surface area contributed by atoms with Gasteiger partial charge in [-0.1, -0.05) is 28.1 Å². The van der Waals surface area contributed by atoms with Crippen LogP contribution in [0.3, 0.4) is 0 Å². The summed E-state index contributed by atoms with van der Waals surface area (Å²) >= 11 is 3.55. The zero-order valence-corrected chi connectivity index (χ0v) is 13.4. The Hall–Kier alpha value is -1.06. The molecule has 1 saturated heterocycles. The molecule has 0 spiro atoms. The second-order valence-electron chi connectivity index (χ2n) is 5.53. The topological polar surface area (TPSA) is 21.3 Å². The minimum atomic E-state index is 0.715. The van der Waals surface area contributed by atoms with Crippen molar-refractivity contribution in [3.8, 4) is 5.75 Å². The zero-order valence-electron chi connectivity index (χ0n) is 11.8. The van der Waals surface area contributed by atoms with E-state index in [1.165, 1.54) is 29.2 Å². The molecule has 1 fully saturated rings. The van der Waals surface area contributed by atoms with Crippen LogP contribution in [0.4, 0.5) is 0 Å². The molecule has 3 heteroatoms. The van der Waals surface area contributed by atoms with Crippen LogP contribution in [0.1, 0.15) is 18.4 Å². The fraction of sp³-hybridized carbons (Fsp3) is 0.412. The molecule has 1 aliphatic heterocycles. The Morgan fingerprint density at radius 1 is 1.30 bits per heavy atom. The molecular weight excluding hydrogens is 314 g/mol. The van der Waals surface area contributed by atoms with Crippen LogP contribution in [0.2, 0.25) is 0 Å². The van der Waals surface area contributed by atoms with Gasteiger partial charge in [-0.15, -0.1) is 0 Å². The lowest BCUT2D eigenvalue weighted by Gasteiger charge is -2.24. The number of benzene rings is 2. The predicted molar refractivity (Wildman–Crippen MR) is 87.5 cm³/mol. The molecule has 20 heavy (non-hydrogen) atoms. The maximum absolute atomic E-state index is 5.59. The fourth-order valence-corrected chi connectivity index (χ4v) is 3.51. The molecule has 1 N–H and O–H groups in total. The van der Waals surface area contributed by atoms with Crippen molar-refractivity contribution in [2.24, 2.45) is 5.92 Å². The van der Waals surface area contributed by atoms with Crippen LogP contribution in [-0.4, -0.2) is 20.2 Å². The number of ether oxygens (including phenoxy) is 1. The maximum Gasteiger partial charge on any atom is 0.122 e. The van der Waals surface area contributed by atoms with Crippen molar-refractivity contribution >= 4 is 26.7 Å². The third kappa shape index (κ3) is 2.84. The number of halogens is 1. The lowest BCUT2D eigenvalue weighted by molar-refractivity contribution is 0.365. The van der Waals surface area contributed by atoms with E-state index in [0.29, 0.717) is 5.92 Å². The Labute approximate surface area is 128 Å². The van der Waals surface area contributed by atoms with Crippen molar-refractivity contribution in [1.29, 1.82) is 0 Å². The predicted octanol–water partition coefficient (Wildman–Crippen LogP) is 4.15. The number of methoxy groups -OCH3 is 1. The van der Waals surface area contributed by atoms with Gasteiger partial charge in [0.15, 0.2) is 0 Å². The fourth-order valence-electron chi connectivity index (χ4n) is 3.13. The van der Waals surface area contributed by atoms with Crippen LogP contribution >= 0.6 is 15.9 Å². The standard InChI is InChI=1S/C17H20BrNO/c1-20-17-7-4-13-10-14(18)5-6-15(13)16(17)9-12-3-2-8-19-11-12/h4-7,10,12,19H,2-3,8-9,11H2,1H3. The van der Waals surface area contributed by atoms with E-state index in [9.17, 15) is 0 Å². The summed E-state index contributed by atoms with van der Waals surface area (Å²) in [6.07, 6.45) is 3.68. The molecule has 1 aliphatic rings. The van der Waals surface area contributed by atoms with Gasteiger partial charge in [-0.2, -0.15) is 0 Å². The third-order valence-electron chi connectivity index (χ3n) is 4.16. The molecule has 2 aromatic rings. The highest BCUT2D eigenvalue weighted by Crippen LogP contribution is 2.32. The number of fused-ring (bicyclic) bond motifs is 1. The summed E-state index contributed by atoms with van der Waals surface area (Å²) in [7, 11) is 1.77. The summed E-state index contributed by atoms with van der Waals surface area (Å²) in [5.74, 6) is 1.73. The van der Waals surface area contributed by atoms with Crippen LogP contribution in [0.15, 0.2) is 34.8 Å². The second-order valence-corrected chi connectivity index (χ2v) is 6.44. The molecule has 1 unspecified atom stereocenters. The van der Waals surface area contributed by atoms with Crippen molar-refractivity contribution in [2.45, 2.75) is 19.3 Å². The Bertz CT molecular complexity index is 605. The molecule has 1 heterocycles. The normalized spacial score (nSPS) is 19.2. The largest absolute Gasteiger partial charge is 0.496 e. The molecule has 0 bridgehead atoms. The number of piperidine rings is 1. The molecule has 0 amide bonds. The summed E-state index contributed by atoms with van der Waals surface area (Å²) < 4.78 is 6.72. The van der Waals surface area contributed by atoms with Gasteiger partial charge in [0, 0.05) is 10.0 Å². The molecular formula is C17H20BrNO. The Morgan fingerprint density at radius 2 is 2.20 bits per heavy atom. The highest BCUT2D eigenvalue weighted by atomic mass is 79.9. The first-order chi connectivity index (χ1) is 9.78.